The minimum absolute atomic E-state index is 0.101. The highest BCUT2D eigenvalue weighted by atomic mass is 79.9. The number of ketones is 1. The van der Waals surface area contributed by atoms with E-state index in [0.29, 0.717) is 11.1 Å². The Morgan fingerprint density at radius 1 is 1.03 bits per heavy atom. The fourth-order valence-corrected chi connectivity index (χ4v) is 5.31. The molecule has 1 aromatic heterocycles. The topological polar surface area (TPSA) is 70.5 Å². The van der Waals surface area contributed by atoms with Crippen LogP contribution in [0.5, 0.6) is 0 Å². The summed E-state index contributed by atoms with van der Waals surface area (Å²) in [5, 5.41) is 11.3. The molecule has 1 amide bonds. The molecular formula is C24H14BrFN2O3S. The molecule has 1 atom stereocenters. The van der Waals surface area contributed by atoms with Crippen molar-refractivity contribution in [2.75, 3.05) is 4.90 Å². The second kappa shape index (κ2) is 7.96. The molecule has 0 unspecified atom stereocenters. The Morgan fingerprint density at radius 3 is 2.50 bits per heavy atom. The third kappa shape index (κ3) is 3.32. The van der Waals surface area contributed by atoms with Gasteiger partial charge < -0.3 is 5.11 Å². The Bertz CT molecular complexity index is 1420. The second-order valence-corrected chi connectivity index (χ2v) is 9.09. The van der Waals surface area contributed by atoms with Gasteiger partial charge in [0.2, 0.25) is 0 Å². The fraction of sp³-hybridized carbons (Fsp3) is 0.0417. The van der Waals surface area contributed by atoms with Gasteiger partial charge in [-0.05, 0) is 24.3 Å². The molecule has 1 saturated heterocycles. The Kier molecular flexibility index (Phi) is 5.11. The number of halogens is 2. The number of thiazole rings is 1. The summed E-state index contributed by atoms with van der Waals surface area (Å²) in [6.45, 7) is 0. The summed E-state index contributed by atoms with van der Waals surface area (Å²) in [4.78, 5) is 32.0. The number of amides is 1. The monoisotopic (exact) mass is 508 g/mol. The summed E-state index contributed by atoms with van der Waals surface area (Å²) >= 11 is 4.63. The van der Waals surface area contributed by atoms with E-state index in [-0.39, 0.29) is 22.0 Å². The van der Waals surface area contributed by atoms with Crippen molar-refractivity contribution in [3.05, 3.63) is 99.8 Å². The van der Waals surface area contributed by atoms with Gasteiger partial charge in [-0.2, -0.15) is 0 Å². The maximum absolute atomic E-state index is 14.9. The van der Waals surface area contributed by atoms with Crippen molar-refractivity contribution in [2.24, 2.45) is 0 Å². The second-order valence-electron chi connectivity index (χ2n) is 7.17. The molecule has 4 aromatic rings. The third-order valence-corrected chi connectivity index (χ3v) is 6.75. The molecule has 0 aliphatic carbocycles. The Balaban J connectivity index is 1.76. The van der Waals surface area contributed by atoms with Crippen LogP contribution in [0.2, 0.25) is 0 Å². The molecule has 0 bridgehead atoms. The smallest absolute Gasteiger partial charge is 0.301 e. The molecule has 0 spiro atoms. The molecule has 3 aromatic carbocycles. The van der Waals surface area contributed by atoms with Crippen LogP contribution in [0.3, 0.4) is 0 Å². The number of carbonyl (C=O) groups is 2. The van der Waals surface area contributed by atoms with E-state index in [4.69, 9.17) is 0 Å². The number of fused-ring (bicyclic) bond motifs is 1. The van der Waals surface area contributed by atoms with E-state index in [0.717, 1.165) is 9.17 Å². The average molecular weight is 509 g/mol. The van der Waals surface area contributed by atoms with E-state index >= 15 is 0 Å². The van der Waals surface area contributed by atoms with Crippen molar-refractivity contribution in [1.29, 1.82) is 0 Å². The van der Waals surface area contributed by atoms with E-state index in [9.17, 15) is 19.1 Å². The number of hydrogen-bond acceptors (Lipinski definition) is 5. The first kappa shape index (κ1) is 20.5. The van der Waals surface area contributed by atoms with Gasteiger partial charge in [0.25, 0.3) is 5.78 Å². The Labute approximate surface area is 194 Å². The van der Waals surface area contributed by atoms with Crippen molar-refractivity contribution < 1.29 is 19.1 Å². The van der Waals surface area contributed by atoms with Gasteiger partial charge in [0.1, 0.15) is 17.6 Å². The number of aliphatic hydroxyl groups is 1. The number of aliphatic hydroxyl groups excluding tert-OH is 1. The quantitative estimate of drug-likeness (QED) is 0.215. The number of aromatic nitrogens is 1. The van der Waals surface area contributed by atoms with Crippen molar-refractivity contribution >= 4 is 60.1 Å². The zero-order chi connectivity index (χ0) is 22.4. The molecule has 1 fully saturated rings. The molecule has 0 saturated carbocycles. The largest absolute Gasteiger partial charge is 0.507 e. The van der Waals surface area contributed by atoms with Gasteiger partial charge in [-0.1, -0.05) is 75.8 Å². The first-order chi connectivity index (χ1) is 15.5. The lowest BCUT2D eigenvalue weighted by molar-refractivity contribution is -0.132. The average Bonchev–Trinajstić information content (AvgIpc) is 3.32. The van der Waals surface area contributed by atoms with E-state index in [2.05, 4.69) is 20.9 Å². The van der Waals surface area contributed by atoms with E-state index < -0.39 is 23.5 Å². The molecule has 5 rings (SSSR count). The molecule has 5 nitrogen and oxygen atoms in total. The lowest BCUT2D eigenvalue weighted by Gasteiger charge is -2.23. The highest BCUT2D eigenvalue weighted by Gasteiger charge is 2.49. The van der Waals surface area contributed by atoms with Crippen LogP contribution in [-0.4, -0.2) is 21.8 Å². The van der Waals surface area contributed by atoms with Gasteiger partial charge >= 0.3 is 5.91 Å². The number of anilines is 1. The zero-order valence-electron chi connectivity index (χ0n) is 16.3. The molecule has 1 aliphatic heterocycles. The zero-order valence-corrected chi connectivity index (χ0v) is 18.7. The highest BCUT2D eigenvalue weighted by Crippen LogP contribution is 2.45. The summed E-state index contributed by atoms with van der Waals surface area (Å²) in [6, 6.07) is 18.6. The molecule has 1 N–H and O–H groups in total. The van der Waals surface area contributed by atoms with Crippen LogP contribution in [0.1, 0.15) is 17.2 Å². The van der Waals surface area contributed by atoms with Crippen molar-refractivity contribution in [2.45, 2.75) is 6.04 Å². The summed E-state index contributed by atoms with van der Waals surface area (Å²) in [7, 11) is 0. The SMILES string of the molecule is O=C1C(=O)N(c2nc3ccc(Br)cc3s2)[C@@H](c2ccccc2F)C1=C(O)c1ccccc1. The fourth-order valence-electron chi connectivity index (χ4n) is 3.76. The molecule has 32 heavy (non-hydrogen) atoms. The van der Waals surface area contributed by atoms with Crippen LogP contribution >= 0.6 is 27.3 Å². The molecule has 8 heteroatoms. The predicted octanol–water partition coefficient (Wildman–Crippen LogP) is 5.82. The lowest BCUT2D eigenvalue weighted by atomic mass is 9.95. The van der Waals surface area contributed by atoms with Crippen LogP contribution in [0.15, 0.2) is 82.8 Å². The minimum atomic E-state index is -1.15. The van der Waals surface area contributed by atoms with Crippen LogP contribution in [0.4, 0.5) is 9.52 Å². The predicted molar refractivity (Wildman–Crippen MR) is 125 cm³/mol. The van der Waals surface area contributed by atoms with Crippen LogP contribution in [0, 0.1) is 5.82 Å². The maximum Gasteiger partial charge on any atom is 0.301 e. The summed E-state index contributed by atoms with van der Waals surface area (Å²) < 4.78 is 16.5. The van der Waals surface area contributed by atoms with Crippen molar-refractivity contribution in [3.63, 3.8) is 0 Å². The maximum atomic E-state index is 14.9. The standard InChI is InChI=1S/C24H14BrFN2O3S/c25-14-10-11-17-18(12-14)32-24(27-17)28-20(15-8-4-5-9-16(15)26)19(22(30)23(28)31)21(29)13-6-2-1-3-7-13/h1-12,20,29H/t20-/m0/s1. The summed E-state index contributed by atoms with van der Waals surface area (Å²) in [5.41, 5.74) is 0.932. The highest BCUT2D eigenvalue weighted by molar-refractivity contribution is 9.10. The third-order valence-electron chi connectivity index (χ3n) is 5.24. The molecular weight excluding hydrogens is 495 g/mol. The van der Waals surface area contributed by atoms with Gasteiger partial charge in [-0.15, -0.1) is 0 Å². The van der Waals surface area contributed by atoms with Gasteiger partial charge in [0.15, 0.2) is 5.13 Å². The van der Waals surface area contributed by atoms with Crippen LogP contribution in [0.25, 0.3) is 16.0 Å². The number of carbonyl (C=O) groups excluding carboxylic acids is 2. The van der Waals surface area contributed by atoms with Crippen molar-refractivity contribution in [3.8, 4) is 0 Å². The van der Waals surface area contributed by atoms with Crippen molar-refractivity contribution in [1.82, 2.24) is 4.98 Å². The summed E-state index contributed by atoms with van der Waals surface area (Å²) in [6.07, 6.45) is 0. The van der Waals surface area contributed by atoms with Gasteiger partial charge in [0, 0.05) is 15.6 Å². The molecule has 158 valence electrons. The van der Waals surface area contributed by atoms with Gasteiger partial charge in [0.05, 0.1) is 15.8 Å². The lowest BCUT2D eigenvalue weighted by Crippen LogP contribution is -2.29. The molecule has 0 radical (unpaired) electrons. The first-order valence-corrected chi connectivity index (χ1v) is 11.2. The van der Waals surface area contributed by atoms with E-state index in [1.807, 2.05) is 12.1 Å². The normalized spacial score (nSPS) is 17.9. The Morgan fingerprint density at radius 2 is 1.75 bits per heavy atom. The number of Topliss-reactive ketones (excluding diaryl/α,β-unsaturated/α-hetero) is 1. The number of nitrogens with zero attached hydrogens (tertiary/aromatic N) is 2. The van der Waals surface area contributed by atoms with E-state index in [1.165, 1.54) is 34.4 Å². The van der Waals surface area contributed by atoms with Gasteiger partial charge in [-0.3, -0.25) is 14.5 Å². The van der Waals surface area contributed by atoms with Crippen LogP contribution in [-0.2, 0) is 9.59 Å². The minimum Gasteiger partial charge on any atom is -0.507 e. The molecule has 2 heterocycles. The summed E-state index contributed by atoms with van der Waals surface area (Å²) in [5.74, 6) is -2.70. The Hall–Kier alpha value is -3.36. The number of hydrogen-bond donors (Lipinski definition) is 1. The van der Waals surface area contributed by atoms with E-state index in [1.54, 1.807) is 42.5 Å². The number of rotatable bonds is 3. The van der Waals surface area contributed by atoms with Gasteiger partial charge in [-0.25, -0.2) is 9.37 Å². The first-order valence-electron chi connectivity index (χ1n) is 9.62. The van der Waals surface area contributed by atoms with Crippen LogP contribution < -0.4 is 4.90 Å². The number of benzene rings is 3. The molecule has 1 aliphatic rings.